The number of nitrogens with zero attached hydrogens (tertiary/aromatic N) is 2. The molecule has 2 aliphatic rings. The maximum Gasteiger partial charge on any atom is 0.327 e. The largest absolute Gasteiger partial charge is 0.388 e. The second kappa shape index (κ2) is 6.01. The normalized spacial score (nSPS) is 30.0. The lowest BCUT2D eigenvalue weighted by atomic mass is 9.79. The molecule has 2 fully saturated rings. The van der Waals surface area contributed by atoms with Gasteiger partial charge in [0.15, 0.2) is 0 Å². The van der Waals surface area contributed by atoms with Gasteiger partial charge in [-0.3, -0.25) is 14.5 Å². The van der Waals surface area contributed by atoms with Crippen LogP contribution in [-0.4, -0.2) is 65.0 Å². The van der Waals surface area contributed by atoms with Gasteiger partial charge >= 0.3 is 6.03 Å². The molecule has 7 heteroatoms. The molecule has 1 aliphatic heterocycles. The number of hydrogen-bond donors (Lipinski definition) is 2. The van der Waals surface area contributed by atoms with Gasteiger partial charge in [0.1, 0.15) is 13.1 Å². The van der Waals surface area contributed by atoms with Crippen LogP contribution in [0.5, 0.6) is 0 Å². The van der Waals surface area contributed by atoms with Crippen LogP contribution < -0.4 is 5.32 Å². The average molecular weight is 297 g/mol. The van der Waals surface area contributed by atoms with Crippen molar-refractivity contribution in [3.63, 3.8) is 0 Å². The van der Waals surface area contributed by atoms with Crippen molar-refractivity contribution in [3.8, 4) is 0 Å². The molecule has 4 amide bonds. The fourth-order valence-electron chi connectivity index (χ4n) is 3.08. The van der Waals surface area contributed by atoms with Gasteiger partial charge in [0.2, 0.25) is 5.91 Å². The number of likely N-dealkylation sites (N-methyl/N-ethyl adjacent to an activating group) is 1. The number of aliphatic hydroxyl groups is 1. The summed E-state index contributed by atoms with van der Waals surface area (Å²) in [4.78, 5) is 37.3. The van der Waals surface area contributed by atoms with Gasteiger partial charge in [-0.05, 0) is 18.8 Å². The molecule has 0 spiro atoms. The molecule has 1 heterocycles. The molecular formula is C14H23N3O4. The van der Waals surface area contributed by atoms with E-state index >= 15 is 0 Å². The molecule has 2 atom stereocenters. The van der Waals surface area contributed by atoms with Crippen molar-refractivity contribution in [2.24, 2.45) is 5.92 Å². The Hall–Kier alpha value is -1.63. The van der Waals surface area contributed by atoms with Crippen LogP contribution in [0, 0.1) is 5.92 Å². The standard InChI is InChI=1S/C14H23N3O4/c1-10-4-3-5-14(21,6-10)9-15-11(18)7-17-12(19)8-16(2)13(17)20/h10,21H,3-9H2,1-2H3,(H,15,18). The summed E-state index contributed by atoms with van der Waals surface area (Å²) in [6.07, 6.45) is 3.38. The van der Waals surface area contributed by atoms with Crippen molar-refractivity contribution in [2.75, 3.05) is 26.7 Å². The quantitative estimate of drug-likeness (QED) is 0.711. The molecule has 0 aromatic rings. The van der Waals surface area contributed by atoms with Crippen LogP contribution in [0.1, 0.15) is 32.6 Å². The molecular weight excluding hydrogens is 274 g/mol. The minimum Gasteiger partial charge on any atom is -0.388 e. The molecule has 0 aromatic heterocycles. The summed E-state index contributed by atoms with van der Waals surface area (Å²) in [5.41, 5.74) is -0.872. The van der Waals surface area contributed by atoms with Crippen LogP contribution in [0.3, 0.4) is 0 Å². The van der Waals surface area contributed by atoms with E-state index in [2.05, 4.69) is 12.2 Å². The van der Waals surface area contributed by atoms with E-state index in [0.29, 0.717) is 18.8 Å². The maximum atomic E-state index is 11.9. The highest BCUT2D eigenvalue weighted by molar-refractivity contribution is 6.04. The van der Waals surface area contributed by atoms with Crippen molar-refractivity contribution in [1.29, 1.82) is 0 Å². The van der Waals surface area contributed by atoms with E-state index in [4.69, 9.17) is 0 Å². The summed E-state index contributed by atoms with van der Waals surface area (Å²) < 4.78 is 0. The van der Waals surface area contributed by atoms with Crippen LogP contribution in [0.15, 0.2) is 0 Å². The molecule has 1 aliphatic carbocycles. The molecule has 2 rings (SSSR count). The summed E-state index contributed by atoms with van der Waals surface area (Å²) in [5.74, 6) is -0.350. The molecule has 0 radical (unpaired) electrons. The first kappa shape index (κ1) is 15.8. The van der Waals surface area contributed by atoms with Gasteiger partial charge in [-0.15, -0.1) is 0 Å². The summed E-state index contributed by atoms with van der Waals surface area (Å²) >= 11 is 0. The van der Waals surface area contributed by atoms with Crippen molar-refractivity contribution in [2.45, 2.75) is 38.2 Å². The summed E-state index contributed by atoms with van der Waals surface area (Å²) in [5, 5.41) is 13.1. The first-order valence-corrected chi connectivity index (χ1v) is 7.35. The first-order valence-electron chi connectivity index (χ1n) is 7.35. The maximum absolute atomic E-state index is 11.9. The van der Waals surface area contributed by atoms with E-state index < -0.39 is 17.5 Å². The Labute approximate surface area is 124 Å². The highest BCUT2D eigenvalue weighted by Gasteiger charge is 2.36. The Morgan fingerprint density at radius 1 is 1.48 bits per heavy atom. The zero-order chi connectivity index (χ0) is 15.6. The molecule has 1 saturated carbocycles. The molecule has 1 saturated heterocycles. The Morgan fingerprint density at radius 2 is 2.19 bits per heavy atom. The molecule has 118 valence electrons. The second-order valence-corrected chi connectivity index (χ2v) is 6.32. The van der Waals surface area contributed by atoms with E-state index in [9.17, 15) is 19.5 Å². The molecule has 2 unspecified atom stereocenters. The third kappa shape index (κ3) is 3.72. The number of nitrogens with one attached hydrogen (secondary N) is 1. The smallest absolute Gasteiger partial charge is 0.327 e. The van der Waals surface area contributed by atoms with Gasteiger partial charge in [0.25, 0.3) is 5.91 Å². The number of rotatable bonds is 4. The lowest BCUT2D eigenvalue weighted by molar-refractivity contribution is -0.131. The Morgan fingerprint density at radius 3 is 2.76 bits per heavy atom. The topological polar surface area (TPSA) is 89.9 Å². The van der Waals surface area contributed by atoms with Crippen LogP contribution in [0.25, 0.3) is 0 Å². The number of urea groups is 1. The fraction of sp³-hybridized carbons (Fsp3) is 0.786. The van der Waals surface area contributed by atoms with Crippen molar-refractivity contribution < 1.29 is 19.5 Å². The van der Waals surface area contributed by atoms with Gasteiger partial charge in [0.05, 0.1) is 5.60 Å². The van der Waals surface area contributed by atoms with Crippen LogP contribution in [0.2, 0.25) is 0 Å². The SMILES string of the molecule is CC1CCCC(O)(CNC(=O)CN2C(=O)CN(C)C2=O)C1. The van der Waals surface area contributed by atoms with Crippen LogP contribution >= 0.6 is 0 Å². The van der Waals surface area contributed by atoms with Gasteiger partial charge < -0.3 is 15.3 Å². The number of imide groups is 1. The number of hydrogen-bond acceptors (Lipinski definition) is 4. The highest BCUT2D eigenvalue weighted by atomic mass is 16.3. The van der Waals surface area contributed by atoms with E-state index in [-0.39, 0.29) is 25.5 Å². The van der Waals surface area contributed by atoms with Gasteiger partial charge in [0, 0.05) is 13.6 Å². The lowest BCUT2D eigenvalue weighted by Gasteiger charge is -2.35. The minimum absolute atomic E-state index is 0.00751. The number of amides is 4. The number of carbonyl (C=O) groups is 3. The van der Waals surface area contributed by atoms with E-state index in [1.165, 1.54) is 11.9 Å². The summed E-state index contributed by atoms with van der Waals surface area (Å²) in [6, 6.07) is -0.458. The molecule has 21 heavy (non-hydrogen) atoms. The molecule has 0 aromatic carbocycles. The summed E-state index contributed by atoms with van der Waals surface area (Å²) in [7, 11) is 1.52. The third-order valence-electron chi connectivity index (χ3n) is 4.21. The van der Waals surface area contributed by atoms with E-state index in [1.807, 2.05) is 0 Å². The fourth-order valence-corrected chi connectivity index (χ4v) is 3.08. The van der Waals surface area contributed by atoms with Crippen molar-refractivity contribution >= 4 is 17.8 Å². The molecule has 2 N–H and O–H groups in total. The van der Waals surface area contributed by atoms with Crippen LogP contribution in [-0.2, 0) is 9.59 Å². The Kier molecular flexibility index (Phi) is 4.51. The Bertz CT molecular complexity index is 454. The second-order valence-electron chi connectivity index (χ2n) is 6.32. The monoisotopic (exact) mass is 297 g/mol. The number of carbonyl (C=O) groups excluding carboxylic acids is 3. The zero-order valence-electron chi connectivity index (χ0n) is 12.6. The average Bonchev–Trinajstić information content (AvgIpc) is 2.63. The lowest BCUT2D eigenvalue weighted by Crippen LogP contribution is -2.48. The van der Waals surface area contributed by atoms with E-state index in [1.54, 1.807) is 0 Å². The first-order chi connectivity index (χ1) is 9.81. The zero-order valence-corrected chi connectivity index (χ0v) is 12.6. The van der Waals surface area contributed by atoms with Gasteiger partial charge in [-0.25, -0.2) is 4.79 Å². The Balaban J connectivity index is 1.82. The van der Waals surface area contributed by atoms with Gasteiger partial charge in [-0.2, -0.15) is 0 Å². The van der Waals surface area contributed by atoms with Crippen LogP contribution in [0.4, 0.5) is 4.79 Å². The van der Waals surface area contributed by atoms with Gasteiger partial charge in [-0.1, -0.05) is 19.8 Å². The predicted molar refractivity (Wildman–Crippen MR) is 75.3 cm³/mol. The predicted octanol–water partition coefficient (Wildman–Crippen LogP) is -0.0622. The molecule has 7 nitrogen and oxygen atoms in total. The minimum atomic E-state index is -0.872. The molecule has 0 bridgehead atoms. The van der Waals surface area contributed by atoms with Crippen molar-refractivity contribution in [1.82, 2.24) is 15.1 Å². The van der Waals surface area contributed by atoms with E-state index in [0.717, 1.165) is 17.7 Å². The third-order valence-corrected chi connectivity index (χ3v) is 4.21. The van der Waals surface area contributed by atoms with Crippen molar-refractivity contribution in [3.05, 3.63) is 0 Å². The highest BCUT2D eigenvalue weighted by Crippen LogP contribution is 2.31. The summed E-state index contributed by atoms with van der Waals surface area (Å²) in [6.45, 7) is 1.98.